The molecule has 1 aromatic rings. The molecule has 1 aliphatic rings. The highest BCUT2D eigenvalue weighted by Gasteiger charge is 2.68. The van der Waals surface area contributed by atoms with Crippen LogP contribution in [0.4, 0.5) is 5.00 Å². The van der Waals surface area contributed by atoms with Crippen LogP contribution in [0.25, 0.3) is 0 Å². The normalized spacial score (nSPS) is 25.4. The Morgan fingerprint density at radius 2 is 2.12 bits per heavy atom. The zero-order chi connectivity index (χ0) is 12.8. The average Bonchev–Trinajstić information content (AvgIpc) is 2.62. The summed E-state index contributed by atoms with van der Waals surface area (Å²) >= 11 is 13.0. The monoisotopic (exact) mass is 292 g/mol. The van der Waals surface area contributed by atoms with Crippen molar-refractivity contribution in [2.45, 2.75) is 17.7 Å². The van der Waals surface area contributed by atoms with Crippen LogP contribution in [-0.4, -0.2) is 16.1 Å². The number of rotatable bonds is 3. The second-order valence-corrected chi connectivity index (χ2v) is 6.60. The van der Waals surface area contributed by atoms with Crippen LogP contribution in [0.15, 0.2) is 11.4 Å². The third-order valence-electron chi connectivity index (χ3n) is 2.92. The van der Waals surface area contributed by atoms with Crippen molar-refractivity contribution in [3.8, 4) is 0 Å². The van der Waals surface area contributed by atoms with Crippen LogP contribution in [-0.2, 0) is 4.79 Å². The van der Waals surface area contributed by atoms with Crippen molar-refractivity contribution in [2.24, 2.45) is 11.1 Å². The summed E-state index contributed by atoms with van der Waals surface area (Å²) in [5, 5.41) is 4.75. The van der Waals surface area contributed by atoms with Gasteiger partial charge in [-0.3, -0.25) is 9.59 Å². The van der Waals surface area contributed by atoms with Crippen molar-refractivity contribution in [2.75, 3.05) is 5.32 Å². The number of hydrogen-bond acceptors (Lipinski definition) is 3. The maximum absolute atomic E-state index is 12.0. The molecule has 1 aromatic heterocycles. The topological polar surface area (TPSA) is 72.2 Å². The molecule has 0 radical (unpaired) electrons. The third kappa shape index (κ3) is 2.03. The molecule has 0 bridgehead atoms. The fourth-order valence-corrected chi connectivity index (χ4v) is 2.98. The number of carbonyl (C=O) groups excluding carboxylic acids is 2. The highest BCUT2D eigenvalue weighted by molar-refractivity contribution is 7.14. The van der Waals surface area contributed by atoms with Crippen LogP contribution in [0.2, 0.25) is 0 Å². The summed E-state index contributed by atoms with van der Waals surface area (Å²) in [6.45, 7) is 1.68. The van der Waals surface area contributed by atoms with Gasteiger partial charge in [-0.2, -0.15) is 0 Å². The Kier molecular flexibility index (Phi) is 2.88. The number of nitrogens with one attached hydrogen (secondary N) is 1. The molecule has 1 fully saturated rings. The summed E-state index contributed by atoms with van der Waals surface area (Å²) in [5.41, 5.74) is 4.66. The molecule has 2 rings (SSSR count). The molecule has 1 atom stereocenters. The van der Waals surface area contributed by atoms with Gasteiger partial charge in [-0.1, -0.05) is 0 Å². The van der Waals surface area contributed by atoms with Gasteiger partial charge in [0, 0.05) is 0 Å². The summed E-state index contributed by atoms with van der Waals surface area (Å²) in [6.07, 6.45) is 0.395. The number of hydrogen-bond donors (Lipinski definition) is 2. The number of anilines is 1. The number of primary amides is 1. The van der Waals surface area contributed by atoms with E-state index in [0.29, 0.717) is 17.0 Å². The van der Waals surface area contributed by atoms with Gasteiger partial charge in [-0.05, 0) is 24.8 Å². The molecule has 1 saturated carbocycles. The minimum atomic E-state index is -1.03. The van der Waals surface area contributed by atoms with E-state index in [4.69, 9.17) is 28.9 Å². The number of thiophene rings is 1. The molecule has 7 heteroatoms. The van der Waals surface area contributed by atoms with E-state index in [-0.39, 0.29) is 5.91 Å². The van der Waals surface area contributed by atoms with E-state index in [1.54, 1.807) is 18.4 Å². The second kappa shape index (κ2) is 3.86. The number of carbonyl (C=O) groups is 2. The molecule has 0 aliphatic heterocycles. The maximum atomic E-state index is 12.0. The van der Waals surface area contributed by atoms with Crippen molar-refractivity contribution >= 4 is 51.4 Å². The molecule has 0 unspecified atom stereocenters. The number of halogens is 2. The van der Waals surface area contributed by atoms with E-state index in [1.807, 2.05) is 0 Å². The largest absolute Gasteiger partial charge is 0.366 e. The predicted molar refractivity (Wildman–Crippen MR) is 68.6 cm³/mol. The standard InChI is InChI=1S/C10H10Cl2N2O2S/c1-9(4-10(9,11)12)8(16)14-7-5(6(13)15)2-3-17-7/h2-3H,4H2,1H3,(H2,13,15)(H,14,16)/t9-/m1/s1. The number of amides is 2. The van der Waals surface area contributed by atoms with Crippen LogP contribution >= 0.6 is 34.5 Å². The maximum Gasteiger partial charge on any atom is 0.251 e. The van der Waals surface area contributed by atoms with Crippen molar-refractivity contribution in [3.05, 3.63) is 17.0 Å². The van der Waals surface area contributed by atoms with Crippen LogP contribution < -0.4 is 11.1 Å². The molecule has 0 spiro atoms. The van der Waals surface area contributed by atoms with Gasteiger partial charge in [0.15, 0.2) is 0 Å². The molecule has 92 valence electrons. The van der Waals surface area contributed by atoms with E-state index in [2.05, 4.69) is 5.32 Å². The summed E-state index contributed by atoms with van der Waals surface area (Å²) in [5.74, 6) is -0.877. The molecule has 2 amide bonds. The molecular formula is C10H10Cl2N2O2S. The van der Waals surface area contributed by atoms with Crippen molar-refractivity contribution in [1.82, 2.24) is 0 Å². The van der Waals surface area contributed by atoms with Gasteiger partial charge >= 0.3 is 0 Å². The van der Waals surface area contributed by atoms with Gasteiger partial charge < -0.3 is 11.1 Å². The third-order valence-corrected chi connectivity index (χ3v) is 4.85. The number of nitrogens with two attached hydrogens (primary N) is 1. The zero-order valence-electron chi connectivity index (χ0n) is 8.92. The first-order valence-corrected chi connectivity index (χ1v) is 6.48. The molecule has 0 aromatic carbocycles. The fourth-order valence-electron chi connectivity index (χ4n) is 1.49. The van der Waals surface area contributed by atoms with Crippen molar-refractivity contribution in [3.63, 3.8) is 0 Å². The van der Waals surface area contributed by atoms with Crippen molar-refractivity contribution < 1.29 is 9.59 Å². The van der Waals surface area contributed by atoms with Gasteiger partial charge in [0.25, 0.3) is 5.91 Å². The lowest BCUT2D eigenvalue weighted by Crippen LogP contribution is -2.26. The van der Waals surface area contributed by atoms with Crippen LogP contribution in [0.5, 0.6) is 0 Å². The van der Waals surface area contributed by atoms with Crippen molar-refractivity contribution in [1.29, 1.82) is 0 Å². The Morgan fingerprint density at radius 3 is 2.59 bits per heavy atom. The Labute approximate surface area is 112 Å². The first-order chi connectivity index (χ1) is 7.78. The van der Waals surface area contributed by atoms with E-state index in [0.717, 1.165) is 0 Å². The second-order valence-electron chi connectivity index (χ2n) is 4.20. The quantitative estimate of drug-likeness (QED) is 0.840. The van der Waals surface area contributed by atoms with E-state index in [9.17, 15) is 9.59 Å². The molecule has 1 heterocycles. The SMILES string of the molecule is C[C@]1(C(=O)Nc2sccc2C(N)=O)CC1(Cl)Cl. The fraction of sp³-hybridized carbons (Fsp3) is 0.400. The van der Waals surface area contributed by atoms with Crippen LogP contribution in [0.1, 0.15) is 23.7 Å². The van der Waals surface area contributed by atoms with Gasteiger partial charge in [0.05, 0.1) is 11.0 Å². The Morgan fingerprint density at radius 1 is 1.53 bits per heavy atom. The Balaban J connectivity index is 2.15. The summed E-state index contributed by atoms with van der Waals surface area (Å²) in [7, 11) is 0. The van der Waals surface area contributed by atoms with Gasteiger partial charge in [-0.15, -0.1) is 34.5 Å². The molecule has 1 aliphatic carbocycles. The average molecular weight is 293 g/mol. The van der Waals surface area contributed by atoms with Gasteiger partial charge in [-0.25, -0.2) is 0 Å². The minimum Gasteiger partial charge on any atom is -0.366 e. The predicted octanol–water partition coefficient (Wildman–Crippen LogP) is 2.37. The summed E-state index contributed by atoms with van der Waals surface area (Å²) in [6, 6.07) is 1.56. The molecule has 0 saturated heterocycles. The lowest BCUT2D eigenvalue weighted by atomic mass is 10.1. The molecule has 17 heavy (non-hydrogen) atoms. The zero-order valence-corrected chi connectivity index (χ0v) is 11.2. The molecule has 4 nitrogen and oxygen atoms in total. The lowest BCUT2D eigenvalue weighted by Gasteiger charge is -2.12. The van der Waals surface area contributed by atoms with Gasteiger partial charge in [0.2, 0.25) is 5.91 Å². The number of alkyl halides is 2. The van der Waals surface area contributed by atoms with E-state index >= 15 is 0 Å². The van der Waals surface area contributed by atoms with E-state index < -0.39 is 15.7 Å². The van der Waals surface area contributed by atoms with Crippen LogP contribution in [0.3, 0.4) is 0 Å². The minimum absolute atomic E-state index is 0.294. The van der Waals surface area contributed by atoms with E-state index in [1.165, 1.54) is 11.3 Å². The first-order valence-electron chi connectivity index (χ1n) is 4.84. The highest BCUT2D eigenvalue weighted by Crippen LogP contribution is 2.64. The highest BCUT2D eigenvalue weighted by atomic mass is 35.5. The van der Waals surface area contributed by atoms with Gasteiger partial charge in [0.1, 0.15) is 9.33 Å². The molecular weight excluding hydrogens is 283 g/mol. The first kappa shape index (κ1) is 12.7. The Bertz CT molecular complexity index is 500. The lowest BCUT2D eigenvalue weighted by molar-refractivity contribution is -0.120. The summed E-state index contributed by atoms with van der Waals surface area (Å²) < 4.78 is -1.03. The summed E-state index contributed by atoms with van der Waals surface area (Å²) in [4.78, 5) is 23.0. The molecule has 3 N–H and O–H groups in total. The Hall–Kier alpha value is -0.780. The smallest absolute Gasteiger partial charge is 0.251 e. The van der Waals surface area contributed by atoms with Crippen LogP contribution in [0, 0.1) is 5.41 Å².